The van der Waals surface area contributed by atoms with Crippen molar-refractivity contribution in [1.29, 1.82) is 0 Å². The maximum atomic E-state index is 12.1. The normalized spacial score (nSPS) is 16.9. The van der Waals surface area contributed by atoms with Crippen LogP contribution in [0.25, 0.3) is 0 Å². The van der Waals surface area contributed by atoms with Crippen LogP contribution in [0.15, 0.2) is 35.0 Å². The average molecular weight is 354 g/mol. The lowest BCUT2D eigenvalue weighted by atomic mass is 10.1. The van der Waals surface area contributed by atoms with Gasteiger partial charge in [0.1, 0.15) is 0 Å². The summed E-state index contributed by atoms with van der Waals surface area (Å²) in [5.74, 6) is -2.79. The van der Waals surface area contributed by atoms with E-state index in [0.29, 0.717) is 0 Å². The van der Waals surface area contributed by atoms with Crippen molar-refractivity contribution in [2.75, 3.05) is 0 Å². The fraction of sp³-hybridized carbons (Fsp3) is 0.154. The number of nitrogens with zero attached hydrogens (tertiary/aromatic N) is 3. The van der Waals surface area contributed by atoms with Crippen LogP contribution >= 0.6 is 11.6 Å². The number of hydrogen-bond acceptors (Lipinski definition) is 7. The van der Waals surface area contributed by atoms with Crippen molar-refractivity contribution < 1.29 is 24.2 Å². The third-order valence-electron chi connectivity index (χ3n) is 2.94. The first-order valence-corrected chi connectivity index (χ1v) is 6.69. The second-order valence-corrected chi connectivity index (χ2v) is 5.04. The minimum Gasteiger partial charge on any atom is -0.419 e. The molecule has 1 aliphatic heterocycles. The summed E-state index contributed by atoms with van der Waals surface area (Å²) in [5.41, 5.74) is -0.656. The van der Waals surface area contributed by atoms with Gasteiger partial charge < -0.3 is 4.74 Å². The number of carbonyl (C=O) groups excluding carboxylic acids is 2. The number of benzene rings is 1. The highest BCUT2D eigenvalue weighted by Gasteiger charge is 2.40. The molecule has 1 heterocycles. The van der Waals surface area contributed by atoms with Gasteiger partial charge >= 0.3 is 17.9 Å². The molecule has 1 aromatic carbocycles. The molecule has 11 heteroatoms. The van der Waals surface area contributed by atoms with E-state index < -0.39 is 39.2 Å². The highest BCUT2D eigenvalue weighted by molar-refractivity contribution is 6.33. The van der Waals surface area contributed by atoms with E-state index >= 15 is 0 Å². The zero-order valence-corrected chi connectivity index (χ0v) is 12.7. The van der Waals surface area contributed by atoms with Crippen LogP contribution in [0.4, 0.5) is 5.69 Å². The summed E-state index contributed by atoms with van der Waals surface area (Å²) in [6.07, 6.45) is 1.07. The number of nitro benzene ring substituents is 1. The highest BCUT2D eigenvalue weighted by atomic mass is 35.5. The summed E-state index contributed by atoms with van der Waals surface area (Å²) in [5, 5.41) is 21.6. The Morgan fingerprint density at radius 3 is 2.58 bits per heavy atom. The summed E-state index contributed by atoms with van der Waals surface area (Å²) < 4.78 is 4.88. The third kappa shape index (κ3) is 3.43. The quantitative estimate of drug-likeness (QED) is 0.457. The number of non-ortho nitro benzene ring substituents is 1. The van der Waals surface area contributed by atoms with E-state index in [9.17, 15) is 29.8 Å². The minimum atomic E-state index is -1.96. The molecule has 0 radical (unpaired) electrons. The van der Waals surface area contributed by atoms with Gasteiger partial charge in [0, 0.05) is 28.8 Å². The van der Waals surface area contributed by atoms with Crippen LogP contribution in [0.2, 0.25) is 5.02 Å². The van der Waals surface area contributed by atoms with Crippen LogP contribution in [0.1, 0.15) is 17.3 Å². The Bertz CT molecular complexity index is 831. The molecule has 0 saturated carbocycles. The molecule has 0 aliphatic carbocycles. The van der Waals surface area contributed by atoms with Gasteiger partial charge in [0.2, 0.25) is 0 Å². The largest absolute Gasteiger partial charge is 0.419 e. The Labute approximate surface area is 138 Å². The number of amides is 1. The number of rotatable bonds is 4. The Hall–Kier alpha value is -3.14. The van der Waals surface area contributed by atoms with Gasteiger partial charge in [-0.2, -0.15) is 0 Å². The van der Waals surface area contributed by atoms with E-state index in [0.717, 1.165) is 24.3 Å². The lowest BCUT2D eigenvalue weighted by Gasteiger charge is -2.14. The van der Waals surface area contributed by atoms with Gasteiger partial charge in [-0.15, -0.1) is 0 Å². The molecule has 0 bridgehead atoms. The Kier molecular flexibility index (Phi) is 4.69. The van der Waals surface area contributed by atoms with E-state index in [1.54, 1.807) is 0 Å². The Balaban J connectivity index is 2.36. The summed E-state index contributed by atoms with van der Waals surface area (Å²) in [4.78, 5) is 47.2. The number of allylic oxidation sites excluding steroid dienone is 1. The van der Waals surface area contributed by atoms with Crippen molar-refractivity contribution in [3.63, 3.8) is 0 Å². The van der Waals surface area contributed by atoms with Gasteiger partial charge in [0.15, 0.2) is 5.76 Å². The second-order valence-electron chi connectivity index (χ2n) is 4.64. The molecule has 0 saturated heterocycles. The number of hydrogen-bond donors (Lipinski definition) is 0. The summed E-state index contributed by atoms with van der Waals surface area (Å²) in [6, 6.07) is 1.11. The molecule has 0 aromatic heterocycles. The van der Waals surface area contributed by atoms with Crippen LogP contribution in [0.5, 0.6) is 0 Å². The van der Waals surface area contributed by atoms with Gasteiger partial charge in [0.25, 0.3) is 5.69 Å². The van der Waals surface area contributed by atoms with E-state index in [4.69, 9.17) is 16.3 Å². The SMILES string of the molecule is CC1=NC(=O)C([N+](=O)[O-])C(OC(=O)c2cc([N+](=O)[O-])ccc2Cl)=C1. The van der Waals surface area contributed by atoms with Crippen LogP contribution < -0.4 is 0 Å². The molecule has 24 heavy (non-hydrogen) atoms. The predicted octanol–water partition coefficient (Wildman–Crippen LogP) is 1.94. The van der Waals surface area contributed by atoms with Crippen molar-refractivity contribution in [2.24, 2.45) is 4.99 Å². The maximum absolute atomic E-state index is 12.1. The van der Waals surface area contributed by atoms with Crippen LogP contribution in [0.3, 0.4) is 0 Å². The lowest BCUT2D eigenvalue weighted by Crippen LogP contribution is -2.35. The van der Waals surface area contributed by atoms with Crippen LogP contribution in [-0.4, -0.2) is 33.5 Å². The van der Waals surface area contributed by atoms with E-state index in [-0.39, 0.29) is 16.3 Å². The van der Waals surface area contributed by atoms with Gasteiger partial charge in [-0.05, 0) is 13.0 Å². The van der Waals surface area contributed by atoms with E-state index in [1.165, 1.54) is 6.92 Å². The van der Waals surface area contributed by atoms with Crippen LogP contribution in [-0.2, 0) is 9.53 Å². The zero-order chi connectivity index (χ0) is 18.0. The van der Waals surface area contributed by atoms with Gasteiger partial charge in [-0.3, -0.25) is 25.0 Å². The van der Waals surface area contributed by atoms with Crippen molar-refractivity contribution in [3.05, 3.63) is 60.8 Å². The molecule has 0 N–H and O–H groups in total. The molecule has 0 spiro atoms. The van der Waals surface area contributed by atoms with Crippen molar-refractivity contribution in [2.45, 2.75) is 13.0 Å². The van der Waals surface area contributed by atoms with Crippen molar-refractivity contribution >= 4 is 34.9 Å². The smallest absolute Gasteiger partial charge is 0.348 e. The first-order chi connectivity index (χ1) is 11.2. The van der Waals surface area contributed by atoms with Gasteiger partial charge in [-0.1, -0.05) is 11.6 Å². The maximum Gasteiger partial charge on any atom is 0.348 e. The fourth-order valence-corrected chi connectivity index (χ4v) is 2.09. The van der Waals surface area contributed by atoms with Crippen molar-refractivity contribution in [1.82, 2.24) is 0 Å². The minimum absolute atomic E-state index is 0.117. The number of dihydropyridines is 1. The van der Waals surface area contributed by atoms with Gasteiger partial charge in [-0.25, -0.2) is 9.79 Å². The number of aliphatic imine (C=N–C) groups is 1. The molecule has 10 nitrogen and oxygen atoms in total. The monoisotopic (exact) mass is 353 g/mol. The second kappa shape index (κ2) is 6.54. The summed E-state index contributed by atoms with van der Waals surface area (Å²) in [6.45, 7) is 1.39. The summed E-state index contributed by atoms with van der Waals surface area (Å²) in [7, 11) is 0. The Morgan fingerprint density at radius 2 is 2.00 bits per heavy atom. The molecular formula is C13H8ClN3O7. The topological polar surface area (TPSA) is 142 Å². The lowest BCUT2D eigenvalue weighted by molar-refractivity contribution is -0.501. The van der Waals surface area contributed by atoms with E-state index in [1.807, 2.05) is 0 Å². The fourth-order valence-electron chi connectivity index (χ4n) is 1.90. The number of nitro groups is 2. The standard InChI is InChI=1S/C13H8ClN3O7/c1-6-4-10(11(17(22)23)12(18)15-6)24-13(19)8-5-7(16(20)21)2-3-9(8)14/h2-5,11H,1H3. The molecule has 1 aliphatic rings. The highest BCUT2D eigenvalue weighted by Crippen LogP contribution is 2.25. The van der Waals surface area contributed by atoms with Crippen molar-refractivity contribution in [3.8, 4) is 0 Å². The van der Waals surface area contributed by atoms with Gasteiger partial charge in [0.05, 0.1) is 15.5 Å². The molecule has 124 valence electrons. The average Bonchev–Trinajstić information content (AvgIpc) is 2.45. The number of halogens is 1. The van der Waals surface area contributed by atoms with Crippen LogP contribution in [0, 0.1) is 20.2 Å². The molecule has 2 rings (SSSR count). The zero-order valence-electron chi connectivity index (χ0n) is 12.0. The molecule has 1 atom stereocenters. The van der Waals surface area contributed by atoms with E-state index in [2.05, 4.69) is 4.99 Å². The molecule has 1 unspecified atom stereocenters. The molecule has 1 aromatic rings. The first-order valence-electron chi connectivity index (χ1n) is 6.31. The molecular weight excluding hydrogens is 346 g/mol. The number of esters is 1. The molecule has 1 amide bonds. The third-order valence-corrected chi connectivity index (χ3v) is 3.27. The predicted molar refractivity (Wildman–Crippen MR) is 80.5 cm³/mol. The number of carbonyl (C=O) groups is 2. The summed E-state index contributed by atoms with van der Waals surface area (Å²) >= 11 is 5.80. The first kappa shape index (κ1) is 17.2. The molecule has 0 fully saturated rings. The Morgan fingerprint density at radius 1 is 1.33 bits per heavy atom. The number of ether oxygens (including phenoxy) is 1.